The van der Waals surface area contributed by atoms with E-state index in [0.29, 0.717) is 12.0 Å². The summed E-state index contributed by atoms with van der Waals surface area (Å²) in [6.07, 6.45) is 3.87. The van der Waals surface area contributed by atoms with Gasteiger partial charge in [-0.3, -0.25) is 0 Å². The minimum absolute atomic E-state index is 0.300. The van der Waals surface area contributed by atoms with E-state index in [0.717, 1.165) is 30.9 Å². The number of hydrogen-bond donors (Lipinski definition) is 0. The van der Waals surface area contributed by atoms with Crippen LogP contribution in [0.2, 0.25) is 0 Å². The molecule has 0 radical (unpaired) electrons. The first-order valence-corrected chi connectivity index (χ1v) is 7.45. The summed E-state index contributed by atoms with van der Waals surface area (Å²) in [5, 5.41) is 0. The van der Waals surface area contributed by atoms with Crippen LogP contribution in [-0.2, 0) is 17.2 Å². The van der Waals surface area contributed by atoms with Crippen LogP contribution in [0.5, 0.6) is 0 Å². The second-order valence-corrected chi connectivity index (χ2v) is 5.47. The summed E-state index contributed by atoms with van der Waals surface area (Å²) in [4.78, 5) is 4.67. The molecule has 102 valence electrons. The van der Waals surface area contributed by atoms with Crippen LogP contribution < -0.4 is 0 Å². The van der Waals surface area contributed by atoms with Crippen molar-refractivity contribution in [3.8, 4) is 0 Å². The molecule has 1 aromatic carbocycles. The molecule has 1 fully saturated rings. The Morgan fingerprint density at radius 3 is 3.05 bits per heavy atom. The Morgan fingerprint density at radius 2 is 2.32 bits per heavy atom. The molecule has 1 atom stereocenters. The predicted octanol–water partition coefficient (Wildman–Crippen LogP) is 3.65. The summed E-state index contributed by atoms with van der Waals surface area (Å²) in [6.45, 7) is 3.84. The number of halogens is 1. The molecule has 1 aliphatic rings. The largest absolute Gasteiger partial charge is 0.376 e. The molecule has 0 aliphatic carbocycles. The van der Waals surface area contributed by atoms with E-state index in [9.17, 15) is 0 Å². The van der Waals surface area contributed by atoms with E-state index >= 15 is 0 Å². The highest BCUT2D eigenvalue weighted by Gasteiger charge is 2.18. The van der Waals surface area contributed by atoms with Crippen molar-refractivity contribution in [1.82, 2.24) is 9.55 Å². The molecule has 1 saturated heterocycles. The van der Waals surface area contributed by atoms with Gasteiger partial charge in [-0.15, -0.1) is 11.6 Å². The third-order valence-corrected chi connectivity index (χ3v) is 4.08. The van der Waals surface area contributed by atoms with Gasteiger partial charge in [0.05, 0.1) is 29.6 Å². The molecular weight excluding hydrogens is 260 g/mol. The van der Waals surface area contributed by atoms with E-state index in [2.05, 4.69) is 34.7 Å². The van der Waals surface area contributed by atoms with Gasteiger partial charge in [0.1, 0.15) is 5.82 Å². The van der Waals surface area contributed by atoms with E-state index in [1.54, 1.807) is 0 Å². The highest BCUT2D eigenvalue weighted by Crippen LogP contribution is 2.23. The average molecular weight is 279 g/mol. The van der Waals surface area contributed by atoms with Crippen molar-refractivity contribution in [2.24, 2.45) is 0 Å². The van der Waals surface area contributed by atoms with Crippen LogP contribution >= 0.6 is 11.6 Å². The lowest BCUT2D eigenvalue weighted by atomic mass is 10.1. The number of ether oxygens (including phenoxy) is 1. The molecule has 0 bridgehead atoms. The topological polar surface area (TPSA) is 27.1 Å². The van der Waals surface area contributed by atoms with Crippen LogP contribution in [-0.4, -0.2) is 22.3 Å². The first kappa shape index (κ1) is 12.9. The molecule has 4 heteroatoms. The fraction of sp³-hybridized carbons (Fsp3) is 0.533. The van der Waals surface area contributed by atoms with E-state index in [1.807, 2.05) is 0 Å². The second kappa shape index (κ2) is 5.51. The summed E-state index contributed by atoms with van der Waals surface area (Å²) < 4.78 is 8.07. The lowest BCUT2D eigenvalue weighted by molar-refractivity contribution is 0.00627. The molecular formula is C15H19ClN2O. The van der Waals surface area contributed by atoms with E-state index in [1.165, 1.54) is 23.9 Å². The predicted molar refractivity (Wildman–Crippen MR) is 77.6 cm³/mol. The molecule has 19 heavy (non-hydrogen) atoms. The monoisotopic (exact) mass is 278 g/mol. The third-order valence-electron chi connectivity index (χ3n) is 3.84. The Morgan fingerprint density at radius 1 is 1.42 bits per heavy atom. The molecule has 0 N–H and O–H groups in total. The first-order valence-electron chi connectivity index (χ1n) is 6.92. The van der Waals surface area contributed by atoms with Crippen molar-refractivity contribution in [3.05, 3.63) is 29.6 Å². The number of alkyl halides is 1. The molecule has 0 spiro atoms. The summed E-state index contributed by atoms with van der Waals surface area (Å²) in [5.41, 5.74) is 3.44. The van der Waals surface area contributed by atoms with Crippen molar-refractivity contribution in [3.63, 3.8) is 0 Å². The number of hydrogen-bond acceptors (Lipinski definition) is 2. The number of fused-ring (bicyclic) bond motifs is 1. The van der Waals surface area contributed by atoms with Gasteiger partial charge in [-0.05, 0) is 37.8 Å². The number of benzene rings is 1. The number of aromatic nitrogens is 2. The zero-order chi connectivity index (χ0) is 13.2. The van der Waals surface area contributed by atoms with E-state index in [-0.39, 0.29) is 0 Å². The standard InChI is InChI=1S/C15H19ClN2O/c1-11-5-4-7-13-15(11)17-14(9-16)18(13)10-12-6-2-3-8-19-12/h4-5,7,12H,2-3,6,8-10H2,1H3. The van der Waals surface area contributed by atoms with Crippen molar-refractivity contribution >= 4 is 22.6 Å². The van der Waals surface area contributed by atoms with Gasteiger partial charge in [-0.25, -0.2) is 4.98 Å². The normalized spacial score (nSPS) is 20.0. The Balaban J connectivity index is 1.98. The molecule has 3 rings (SSSR count). The maximum Gasteiger partial charge on any atom is 0.124 e. The van der Waals surface area contributed by atoms with Crippen molar-refractivity contribution in [2.75, 3.05) is 6.61 Å². The fourth-order valence-corrected chi connectivity index (χ4v) is 3.00. The van der Waals surface area contributed by atoms with Crippen molar-refractivity contribution in [2.45, 2.75) is 44.7 Å². The third kappa shape index (κ3) is 2.49. The van der Waals surface area contributed by atoms with Gasteiger partial charge in [0.25, 0.3) is 0 Å². The number of imidazole rings is 1. The van der Waals surface area contributed by atoms with Gasteiger partial charge in [0.2, 0.25) is 0 Å². The van der Waals surface area contributed by atoms with E-state index in [4.69, 9.17) is 16.3 Å². The number of nitrogens with zero attached hydrogens (tertiary/aromatic N) is 2. The van der Waals surface area contributed by atoms with Crippen LogP contribution in [0.3, 0.4) is 0 Å². The Labute approximate surface area is 118 Å². The number of aryl methyl sites for hydroxylation is 1. The Hall–Kier alpha value is -1.06. The molecule has 1 aliphatic heterocycles. The van der Waals surface area contributed by atoms with Gasteiger partial charge < -0.3 is 9.30 Å². The summed E-state index contributed by atoms with van der Waals surface area (Å²) in [7, 11) is 0. The molecule has 3 nitrogen and oxygen atoms in total. The van der Waals surface area contributed by atoms with Crippen LogP contribution in [0.4, 0.5) is 0 Å². The molecule has 0 amide bonds. The first-order chi connectivity index (χ1) is 9.29. The Bertz CT molecular complexity index is 573. The number of rotatable bonds is 3. The lowest BCUT2D eigenvalue weighted by Gasteiger charge is -2.23. The summed E-state index contributed by atoms with van der Waals surface area (Å²) in [6, 6.07) is 6.29. The van der Waals surface area contributed by atoms with Gasteiger partial charge in [0, 0.05) is 6.61 Å². The molecule has 1 aromatic heterocycles. The minimum atomic E-state index is 0.300. The summed E-state index contributed by atoms with van der Waals surface area (Å²) >= 11 is 6.05. The molecule has 0 saturated carbocycles. The average Bonchev–Trinajstić information content (AvgIpc) is 2.80. The molecule has 2 aromatic rings. The summed E-state index contributed by atoms with van der Waals surface area (Å²) in [5.74, 6) is 1.39. The SMILES string of the molecule is Cc1cccc2c1nc(CCl)n2CC1CCCCO1. The van der Waals surface area contributed by atoms with Crippen molar-refractivity contribution in [1.29, 1.82) is 0 Å². The highest BCUT2D eigenvalue weighted by molar-refractivity contribution is 6.16. The smallest absolute Gasteiger partial charge is 0.124 e. The van der Waals surface area contributed by atoms with Gasteiger partial charge in [0.15, 0.2) is 0 Å². The van der Waals surface area contributed by atoms with Gasteiger partial charge >= 0.3 is 0 Å². The lowest BCUT2D eigenvalue weighted by Crippen LogP contribution is -2.25. The minimum Gasteiger partial charge on any atom is -0.376 e. The van der Waals surface area contributed by atoms with Crippen LogP contribution in [0.15, 0.2) is 18.2 Å². The second-order valence-electron chi connectivity index (χ2n) is 5.20. The quantitative estimate of drug-likeness (QED) is 0.802. The van der Waals surface area contributed by atoms with E-state index < -0.39 is 0 Å². The van der Waals surface area contributed by atoms with Crippen LogP contribution in [0.1, 0.15) is 30.7 Å². The zero-order valence-corrected chi connectivity index (χ0v) is 12.0. The number of para-hydroxylation sites is 1. The highest BCUT2D eigenvalue weighted by atomic mass is 35.5. The zero-order valence-electron chi connectivity index (χ0n) is 11.2. The molecule has 2 heterocycles. The maximum absolute atomic E-state index is 6.05. The fourth-order valence-electron chi connectivity index (χ4n) is 2.80. The molecule has 1 unspecified atom stereocenters. The Kier molecular flexibility index (Phi) is 3.76. The van der Waals surface area contributed by atoms with Gasteiger partial charge in [-0.1, -0.05) is 12.1 Å². The van der Waals surface area contributed by atoms with Crippen LogP contribution in [0.25, 0.3) is 11.0 Å². The van der Waals surface area contributed by atoms with Gasteiger partial charge in [-0.2, -0.15) is 0 Å². The maximum atomic E-state index is 6.05. The van der Waals surface area contributed by atoms with Crippen LogP contribution in [0, 0.1) is 6.92 Å². The van der Waals surface area contributed by atoms with Crippen molar-refractivity contribution < 1.29 is 4.74 Å².